The Kier molecular flexibility index (Phi) is 5.41. The largest absolute Gasteiger partial charge is 0.493 e. The molecule has 0 bridgehead atoms. The molecular weight excluding hydrogens is 272 g/mol. The molecule has 0 saturated carbocycles. The normalized spacial score (nSPS) is 21.1. The van der Waals surface area contributed by atoms with E-state index in [1.54, 1.807) is 25.3 Å². The predicted molar refractivity (Wildman–Crippen MR) is 79.9 cm³/mol. The summed E-state index contributed by atoms with van der Waals surface area (Å²) in [6.45, 7) is 3.46. The minimum Gasteiger partial charge on any atom is -0.493 e. The van der Waals surface area contributed by atoms with Gasteiger partial charge in [-0.2, -0.15) is 0 Å². The molecule has 1 aromatic rings. The van der Waals surface area contributed by atoms with E-state index in [-0.39, 0.29) is 17.9 Å². The maximum absolute atomic E-state index is 12.3. The van der Waals surface area contributed by atoms with Gasteiger partial charge in [0.2, 0.25) is 5.91 Å². The molecule has 1 aliphatic rings. The van der Waals surface area contributed by atoms with Crippen molar-refractivity contribution in [2.45, 2.75) is 13.0 Å². The lowest BCUT2D eigenvalue weighted by molar-refractivity contribution is -0.120. The highest BCUT2D eigenvalue weighted by Crippen LogP contribution is 2.30. The van der Waals surface area contributed by atoms with E-state index in [1.165, 1.54) is 0 Å². The molecule has 2 atom stereocenters. The molecule has 1 saturated heterocycles. The SMILES string of the molecule is CCOc1ccc(NC(=O)C2COCC2NC)cc1OC. The van der Waals surface area contributed by atoms with Crippen LogP contribution in [0.5, 0.6) is 11.5 Å². The van der Waals surface area contributed by atoms with Gasteiger partial charge in [0.25, 0.3) is 0 Å². The highest BCUT2D eigenvalue weighted by Gasteiger charge is 2.33. The first-order valence-electron chi connectivity index (χ1n) is 7.06. The number of anilines is 1. The molecule has 0 aromatic heterocycles. The fraction of sp³-hybridized carbons (Fsp3) is 0.533. The minimum absolute atomic E-state index is 0.0505. The lowest BCUT2D eigenvalue weighted by Crippen LogP contribution is -2.39. The first-order chi connectivity index (χ1) is 10.2. The lowest BCUT2D eigenvalue weighted by Gasteiger charge is -2.17. The van der Waals surface area contributed by atoms with E-state index >= 15 is 0 Å². The van der Waals surface area contributed by atoms with Crippen molar-refractivity contribution in [2.75, 3.05) is 39.3 Å². The summed E-state index contributed by atoms with van der Waals surface area (Å²) >= 11 is 0. The summed E-state index contributed by atoms with van der Waals surface area (Å²) < 4.78 is 16.1. The monoisotopic (exact) mass is 294 g/mol. The zero-order valence-corrected chi connectivity index (χ0v) is 12.6. The molecule has 1 amide bonds. The van der Waals surface area contributed by atoms with Gasteiger partial charge in [0, 0.05) is 17.8 Å². The van der Waals surface area contributed by atoms with Crippen LogP contribution in [0.1, 0.15) is 6.92 Å². The Morgan fingerprint density at radius 3 is 2.86 bits per heavy atom. The van der Waals surface area contributed by atoms with Gasteiger partial charge in [0.1, 0.15) is 0 Å². The van der Waals surface area contributed by atoms with Gasteiger partial charge in [-0.15, -0.1) is 0 Å². The van der Waals surface area contributed by atoms with Crippen LogP contribution in [0, 0.1) is 5.92 Å². The third-order valence-corrected chi connectivity index (χ3v) is 3.52. The molecule has 0 aliphatic carbocycles. The van der Waals surface area contributed by atoms with Gasteiger partial charge < -0.3 is 24.8 Å². The smallest absolute Gasteiger partial charge is 0.231 e. The van der Waals surface area contributed by atoms with E-state index < -0.39 is 0 Å². The highest BCUT2D eigenvalue weighted by atomic mass is 16.5. The first kappa shape index (κ1) is 15.6. The number of methoxy groups -OCH3 is 1. The first-order valence-corrected chi connectivity index (χ1v) is 7.06. The number of carbonyl (C=O) groups is 1. The Hall–Kier alpha value is -1.79. The van der Waals surface area contributed by atoms with Crippen molar-refractivity contribution in [1.29, 1.82) is 0 Å². The average Bonchev–Trinajstić information content (AvgIpc) is 2.97. The van der Waals surface area contributed by atoms with E-state index in [4.69, 9.17) is 14.2 Å². The number of benzene rings is 1. The van der Waals surface area contributed by atoms with Crippen molar-refractivity contribution < 1.29 is 19.0 Å². The number of ether oxygens (including phenoxy) is 3. The van der Waals surface area contributed by atoms with Gasteiger partial charge in [-0.05, 0) is 26.1 Å². The van der Waals surface area contributed by atoms with Crippen LogP contribution >= 0.6 is 0 Å². The Morgan fingerprint density at radius 2 is 2.19 bits per heavy atom. The summed E-state index contributed by atoms with van der Waals surface area (Å²) in [5.74, 6) is 1.02. The molecule has 6 nitrogen and oxygen atoms in total. The molecule has 2 unspecified atom stereocenters. The molecule has 6 heteroatoms. The molecule has 1 heterocycles. The van der Waals surface area contributed by atoms with Crippen molar-refractivity contribution in [2.24, 2.45) is 5.92 Å². The Balaban J connectivity index is 2.07. The number of amides is 1. The fourth-order valence-corrected chi connectivity index (χ4v) is 2.35. The van der Waals surface area contributed by atoms with Crippen LogP contribution in [0.15, 0.2) is 18.2 Å². The Bertz CT molecular complexity index is 493. The minimum atomic E-state index is -0.187. The standard InChI is InChI=1S/C15H22N2O4/c1-4-21-13-6-5-10(7-14(13)19-3)17-15(18)11-8-20-9-12(11)16-2/h5-7,11-12,16H,4,8-9H2,1-3H3,(H,17,18). The summed E-state index contributed by atoms with van der Waals surface area (Å²) in [5.41, 5.74) is 0.682. The van der Waals surface area contributed by atoms with E-state index in [0.29, 0.717) is 37.0 Å². The van der Waals surface area contributed by atoms with E-state index in [0.717, 1.165) is 0 Å². The van der Waals surface area contributed by atoms with Crippen molar-refractivity contribution in [3.05, 3.63) is 18.2 Å². The summed E-state index contributed by atoms with van der Waals surface area (Å²) in [6, 6.07) is 5.40. The number of hydrogen-bond acceptors (Lipinski definition) is 5. The van der Waals surface area contributed by atoms with Gasteiger partial charge in [-0.1, -0.05) is 0 Å². The topological polar surface area (TPSA) is 68.8 Å². The van der Waals surface area contributed by atoms with E-state index in [2.05, 4.69) is 10.6 Å². The van der Waals surface area contributed by atoms with Crippen LogP contribution in [-0.2, 0) is 9.53 Å². The van der Waals surface area contributed by atoms with E-state index in [1.807, 2.05) is 14.0 Å². The van der Waals surface area contributed by atoms with Gasteiger partial charge >= 0.3 is 0 Å². The highest BCUT2D eigenvalue weighted by molar-refractivity contribution is 5.93. The van der Waals surface area contributed by atoms with Crippen molar-refractivity contribution in [3.8, 4) is 11.5 Å². The second-order valence-electron chi connectivity index (χ2n) is 4.83. The van der Waals surface area contributed by atoms with Crippen molar-refractivity contribution in [1.82, 2.24) is 5.32 Å². The van der Waals surface area contributed by atoms with Gasteiger partial charge in [-0.25, -0.2) is 0 Å². The number of rotatable bonds is 6. The number of carbonyl (C=O) groups excluding carboxylic acids is 1. The van der Waals surface area contributed by atoms with Crippen LogP contribution in [-0.4, -0.2) is 45.9 Å². The van der Waals surface area contributed by atoms with Crippen LogP contribution < -0.4 is 20.1 Å². The molecule has 2 N–H and O–H groups in total. The van der Waals surface area contributed by atoms with Gasteiger partial charge in [0.05, 0.1) is 32.8 Å². The average molecular weight is 294 g/mol. The molecule has 1 aliphatic heterocycles. The molecule has 1 fully saturated rings. The zero-order chi connectivity index (χ0) is 15.2. The lowest BCUT2D eigenvalue weighted by atomic mass is 10.0. The molecule has 0 radical (unpaired) electrons. The summed E-state index contributed by atoms with van der Waals surface area (Å²) in [6.07, 6.45) is 0. The third-order valence-electron chi connectivity index (χ3n) is 3.52. The summed E-state index contributed by atoms with van der Waals surface area (Å²) in [4.78, 5) is 12.3. The van der Waals surface area contributed by atoms with Crippen LogP contribution in [0.2, 0.25) is 0 Å². The molecule has 116 valence electrons. The summed E-state index contributed by atoms with van der Waals surface area (Å²) in [7, 11) is 3.41. The third kappa shape index (κ3) is 3.65. The van der Waals surface area contributed by atoms with Crippen LogP contribution in [0.25, 0.3) is 0 Å². The second kappa shape index (κ2) is 7.28. The summed E-state index contributed by atoms with van der Waals surface area (Å²) in [5, 5.41) is 6.00. The maximum Gasteiger partial charge on any atom is 0.231 e. The molecule has 2 rings (SSSR count). The second-order valence-corrected chi connectivity index (χ2v) is 4.83. The molecule has 21 heavy (non-hydrogen) atoms. The quantitative estimate of drug-likeness (QED) is 0.827. The van der Waals surface area contributed by atoms with Gasteiger partial charge in [0.15, 0.2) is 11.5 Å². The number of nitrogens with one attached hydrogen (secondary N) is 2. The molecule has 1 aromatic carbocycles. The van der Waals surface area contributed by atoms with Crippen LogP contribution in [0.3, 0.4) is 0 Å². The van der Waals surface area contributed by atoms with Crippen LogP contribution in [0.4, 0.5) is 5.69 Å². The Morgan fingerprint density at radius 1 is 1.38 bits per heavy atom. The predicted octanol–water partition coefficient (Wildman–Crippen LogP) is 1.27. The van der Waals surface area contributed by atoms with Crippen molar-refractivity contribution in [3.63, 3.8) is 0 Å². The van der Waals surface area contributed by atoms with E-state index in [9.17, 15) is 4.79 Å². The molecule has 0 spiro atoms. The number of hydrogen-bond donors (Lipinski definition) is 2. The maximum atomic E-state index is 12.3. The zero-order valence-electron chi connectivity index (χ0n) is 12.6. The fourth-order valence-electron chi connectivity index (χ4n) is 2.35. The van der Waals surface area contributed by atoms with Gasteiger partial charge in [-0.3, -0.25) is 4.79 Å². The molecular formula is C15H22N2O4. The van der Waals surface area contributed by atoms with Crippen molar-refractivity contribution >= 4 is 11.6 Å². The Labute approximate surface area is 124 Å². The number of likely N-dealkylation sites (N-methyl/N-ethyl adjacent to an activating group) is 1.